The summed E-state index contributed by atoms with van der Waals surface area (Å²) < 4.78 is 5.65. The van der Waals surface area contributed by atoms with Crippen molar-refractivity contribution in [3.05, 3.63) is 30.1 Å². The third kappa shape index (κ3) is 3.77. The van der Waals surface area contributed by atoms with Crippen LogP contribution in [0.4, 0.5) is 0 Å². The van der Waals surface area contributed by atoms with Crippen molar-refractivity contribution < 1.29 is 4.74 Å². The topological polar surface area (TPSA) is 37.4 Å². The van der Waals surface area contributed by atoms with Crippen molar-refractivity contribution in [1.29, 1.82) is 0 Å². The Morgan fingerprint density at radius 3 is 3.17 bits per heavy atom. The molecule has 1 aliphatic rings. The molecule has 1 unspecified atom stereocenters. The quantitative estimate of drug-likeness (QED) is 0.857. The van der Waals surface area contributed by atoms with Gasteiger partial charge in [0.2, 0.25) is 0 Å². The molecule has 4 heteroatoms. The minimum absolute atomic E-state index is 0.310. The summed E-state index contributed by atoms with van der Waals surface area (Å²) in [5.74, 6) is 0. The number of piperazine rings is 1. The minimum atomic E-state index is 0.310. The standard InChI is InChI=1S/C14H23N3O/c1-12(2)18-9-8-17-7-6-16-11-14(17)13-4-3-5-15-10-13/h3-5,10,12,14,16H,6-9,11H2,1-2H3. The van der Waals surface area contributed by atoms with Gasteiger partial charge >= 0.3 is 0 Å². The number of rotatable bonds is 5. The highest BCUT2D eigenvalue weighted by atomic mass is 16.5. The van der Waals surface area contributed by atoms with Gasteiger partial charge in [-0.25, -0.2) is 0 Å². The van der Waals surface area contributed by atoms with E-state index in [0.29, 0.717) is 12.1 Å². The van der Waals surface area contributed by atoms with Gasteiger partial charge in [-0.1, -0.05) is 6.07 Å². The Labute approximate surface area is 109 Å². The van der Waals surface area contributed by atoms with Gasteiger partial charge in [-0.3, -0.25) is 9.88 Å². The number of hydrogen-bond donors (Lipinski definition) is 1. The summed E-state index contributed by atoms with van der Waals surface area (Å²) >= 11 is 0. The molecule has 0 aliphatic carbocycles. The molecule has 0 saturated carbocycles. The van der Waals surface area contributed by atoms with E-state index >= 15 is 0 Å². The van der Waals surface area contributed by atoms with Crippen molar-refractivity contribution in [2.45, 2.75) is 26.0 Å². The van der Waals surface area contributed by atoms with Crippen LogP contribution in [0.1, 0.15) is 25.5 Å². The fourth-order valence-electron chi connectivity index (χ4n) is 2.32. The molecule has 1 saturated heterocycles. The van der Waals surface area contributed by atoms with Gasteiger partial charge in [0.05, 0.1) is 12.7 Å². The summed E-state index contributed by atoms with van der Waals surface area (Å²) in [7, 11) is 0. The summed E-state index contributed by atoms with van der Waals surface area (Å²) in [5, 5.41) is 3.45. The lowest BCUT2D eigenvalue weighted by Gasteiger charge is -2.36. The predicted molar refractivity (Wildman–Crippen MR) is 72.5 cm³/mol. The molecule has 0 spiro atoms. The molecule has 1 aromatic heterocycles. The molecule has 2 heterocycles. The van der Waals surface area contributed by atoms with Gasteiger partial charge in [0.15, 0.2) is 0 Å². The van der Waals surface area contributed by atoms with Gasteiger partial charge < -0.3 is 10.1 Å². The van der Waals surface area contributed by atoms with Crippen molar-refractivity contribution in [3.63, 3.8) is 0 Å². The largest absolute Gasteiger partial charge is 0.377 e. The number of pyridine rings is 1. The highest BCUT2D eigenvalue weighted by Gasteiger charge is 2.23. The molecule has 1 aromatic rings. The van der Waals surface area contributed by atoms with Gasteiger partial charge in [-0.2, -0.15) is 0 Å². The van der Waals surface area contributed by atoms with E-state index in [1.165, 1.54) is 5.56 Å². The zero-order chi connectivity index (χ0) is 12.8. The summed E-state index contributed by atoms with van der Waals surface area (Å²) in [6.45, 7) is 9.06. The number of nitrogens with one attached hydrogen (secondary N) is 1. The summed E-state index contributed by atoms with van der Waals surface area (Å²) in [5.41, 5.74) is 1.29. The van der Waals surface area contributed by atoms with Crippen LogP contribution in [0.5, 0.6) is 0 Å². The monoisotopic (exact) mass is 249 g/mol. The Bertz CT molecular complexity index is 342. The van der Waals surface area contributed by atoms with E-state index in [0.717, 1.165) is 32.8 Å². The molecule has 4 nitrogen and oxygen atoms in total. The molecule has 0 aromatic carbocycles. The first-order valence-electron chi connectivity index (χ1n) is 6.73. The van der Waals surface area contributed by atoms with Crippen molar-refractivity contribution in [3.8, 4) is 0 Å². The average Bonchev–Trinajstić information content (AvgIpc) is 2.40. The van der Waals surface area contributed by atoms with E-state index in [2.05, 4.69) is 35.1 Å². The van der Waals surface area contributed by atoms with Crippen LogP contribution in [0.15, 0.2) is 24.5 Å². The second kappa shape index (κ2) is 6.83. The maximum Gasteiger partial charge on any atom is 0.0597 e. The fraction of sp³-hybridized carbons (Fsp3) is 0.643. The molecular weight excluding hydrogens is 226 g/mol. The SMILES string of the molecule is CC(C)OCCN1CCNCC1c1cccnc1. The molecular formula is C14H23N3O. The summed E-state index contributed by atoms with van der Waals surface area (Å²) in [6.07, 6.45) is 4.10. The van der Waals surface area contributed by atoms with Crippen LogP contribution in [0.25, 0.3) is 0 Å². The molecule has 0 radical (unpaired) electrons. The zero-order valence-corrected chi connectivity index (χ0v) is 11.3. The van der Waals surface area contributed by atoms with Crippen LogP contribution in [-0.2, 0) is 4.74 Å². The van der Waals surface area contributed by atoms with Crippen molar-refractivity contribution in [1.82, 2.24) is 15.2 Å². The maximum absolute atomic E-state index is 5.65. The van der Waals surface area contributed by atoms with Crippen molar-refractivity contribution in [2.24, 2.45) is 0 Å². The number of hydrogen-bond acceptors (Lipinski definition) is 4. The Hall–Kier alpha value is -0.970. The molecule has 0 amide bonds. The maximum atomic E-state index is 5.65. The van der Waals surface area contributed by atoms with Gasteiger partial charge in [0.25, 0.3) is 0 Å². The number of aromatic nitrogens is 1. The Kier molecular flexibility index (Phi) is 5.11. The number of nitrogens with zero attached hydrogens (tertiary/aromatic N) is 2. The van der Waals surface area contributed by atoms with Crippen LogP contribution in [-0.4, -0.2) is 48.8 Å². The molecule has 1 N–H and O–H groups in total. The lowest BCUT2D eigenvalue weighted by atomic mass is 10.1. The third-order valence-corrected chi connectivity index (χ3v) is 3.25. The molecule has 1 aliphatic heterocycles. The van der Waals surface area contributed by atoms with Crippen LogP contribution in [0, 0.1) is 0 Å². The fourth-order valence-corrected chi connectivity index (χ4v) is 2.32. The number of ether oxygens (including phenoxy) is 1. The Balaban J connectivity index is 1.94. The second-order valence-corrected chi connectivity index (χ2v) is 4.96. The molecule has 18 heavy (non-hydrogen) atoms. The van der Waals surface area contributed by atoms with E-state index in [1.54, 1.807) is 0 Å². The highest BCUT2D eigenvalue weighted by molar-refractivity contribution is 5.15. The van der Waals surface area contributed by atoms with Gasteiger partial charge in [0.1, 0.15) is 0 Å². The zero-order valence-electron chi connectivity index (χ0n) is 11.3. The van der Waals surface area contributed by atoms with Crippen LogP contribution < -0.4 is 5.32 Å². The lowest BCUT2D eigenvalue weighted by Crippen LogP contribution is -2.47. The van der Waals surface area contributed by atoms with Crippen molar-refractivity contribution >= 4 is 0 Å². The van der Waals surface area contributed by atoms with E-state index in [9.17, 15) is 0 Å². The third-order valence-electron chi connectivity index (χ3n) is 3.25. The molecule has 1 atom stereocenters. The van der Waals surface area contributed by atoms with E-state index in [4.69, 9.17) is 4.74 Å². The Morgan fingerprint density at radius 1 is 1.56 bits per heavy atom. The molecule has 1 fully saturated rings. The summed E-state index contributed by atoms with van der Waals surface area (Å²) in [6, 6.07) is 4.58. The van der Waals surface area contributed by atoms with Crippen LogP contribution >= 0.6 is 0 Å². The molecule has 2 rings (SSSR count). The predicted octanol–water partition coefficient (Wildman–Crippen LogP) is 1.45. The first-order chi connectivity index (χ1) is 8.77. The minimum Gasteiger partial charge on any atom is -0.377 e. The van der Waals surface area contributed by atoms with Crippen LogP contribution in [0.2, 0.25) is 0 Å². The Morgan fingerprint density at radius 2 is 2.44 bits per heavy atom. The van der Waals surface area contributed by atoms with Crippen LogP contribution in [0.3, 0.4) is 0 Å². The first kappa shape index (κ1) is 13.5. The smallest absolute Gasteiger partial charge is 0.0597 e. The van der Waals surface area contributed by atoms with Crippen molar-refractivity contribution in [2.75, 3.05) is 32.8 Å². The first-order valence-corrected chi connectivity index (χ1v) is 6.73. The lowest BCUT2D eigenvalue weighted by molar-refractivity contribution is 0.0430. The molecule has 100 valence electrons. The van der Waals surface area contributed by atoms with Gasteiger partial charge in [-0.15, -0.1) is 0 Å². The normalized spacial score (nSPS) is 21.4. The van der Waals surface area contributed by atoms with Gasteiger partial charge in [-0.05, 0) is 25.5 Å². The van der Waals surface area contributed by atoms with E-state index in [1.807, 2.05) is 18.5 Å². The molecule has 0 bridgehead atoms. The second-order valence-electron chi connectivity index (χ2n) is 4.96. The van der Waals surface area contributed by atoms with Gasteiger partial charge in [0, 0.05) is 44.6 Å². The van der Waals surface area contributed by atoms with E-state index in [-0.39, 0.29) is 0 Å². The van der Waals surface area contributed by atoms with E-state index < -0.39 is 0 Å². The highest BCUT2D eigenvalue weighted by Crippen LogP contribution is 2.20. The summed E-state index contributed by atoms with van der Waals surface area (Å²) in [4.78, 5) is 6.70. The average molecular weight is 249 g/mol.